The lowest BCUT2D eigenvalue weighted by atomic mass is 10.1. The molecule has 0 saturated carbocycles. The predicted molar refractivity (Wildman–Crippen MR) is 51.7 cm³/mol. The van der Waals surface area contributed by atoms with Gasteiger partial charge in [0.05, 0.1) is 6.61 Å². The van der Waals surface area contributed by atoms with Crippen LogP contribution in [0.25, 0.3) is 6.08 Å². The lowest BCUT2D eigenvalue weighted by Gasteiger charge is -1.96. The molecule has 0 atom stereocenters. The second kappa shape index (κ2) is 3.54. The number of esters is 1. The van der Waals surface area contributed by atoms with Crippen molar-refractivity contribution in [2.75, 3.05) is 6.61 Å². The Morgan fingerprint density at radius 1 is 1.43 bits per heavy atom. The Hall–Kier alpha value is -1.77. The number of benzene rings is 1. The maximum absolute atomic E-state index is 11.1. The molecule has 0 unspecified atom stereocenters. The molecule has 3 heteroatoms. The molecule has 1 aliphatic heterocycles. The quantitative estimate of drug-likeness (QED) is 0.541. The Balaban J connectivity index is 2.28. The molecule has 0 aliphatic carbocycles. The van der Waals surface area contributed by atoms with E-state index in [4.69, 9.17) is 4.74 Å². The second-order valence-electron chi connectivity index (χ2n) is 3.15. The first-order valence-corrected chi connectivity index (χ1v) is 4.42. The highest BCUT2D eigenvalue weighted by Gasteiger charge is 2.17. The van der Waals surface area contributed by atoms with Crippen LogP contribution in [0.1, 0.15) is 12.0 Å². The van der Waals surface area contributed by atoms with E-state index in [1.54, 1.807) is 24.3 Å². The van der Waals surface area contributed by atoms with E-state index in [1.807, 2.05) is 6.07 Å². The molecule has 0 bridgehead atoms. The largest absolute Gasteiger partial charge is 0.508 e. The normalized spacial score (nSPS) is 18.6. The maximum atomic E-state index is 11.1. The number of carbonyl (C=O) groups excluding carboxylic acids is 1. The summed E-state index contributed by atoms with van der Waals surface area (Å²) in [5.41, 5.74) is 1.48. The van der Waals surface area contributed by atoms with Crippen molar-refractivity contribution in [1.29, 1.82) is 0 Å². The highest BCUT2D eigenvalue weighted by Crippen LogP contribution is 2.19. The second-order valence-corrected chi connectivity index (χ2v) is 3.15. The van der Waals surface area contributed by atoms with E-state index >= 15 is 0 Å². The summed E-state index contributed by atoms with van der Waals surface area (Å²) in [6, 6.07) is 6.77. The molecule has 1 aromatic carbocycles. The van der Waals surface area contributed by atoms with Gasteiger partial charge in [-0.15, -0.1) is 0 Å². The van der Waals surface area contributed by atoms with Crippen LogP contribution >= 0.6 is 0 Å². The van der Waals surface area contributed by atoms with Crippen molar-refractivity contribution in [1.82, 2.24) is 0 Å². The summed E-state index contributed by atoms with van der Waals surface area (Å²) in [4.78, 5) is 11.1. The zero-order valence-electron chi connectivity index (χ0n) is 7.56. The average Bonchev–Trinajstić information content (AvgIpc) is 2.52. The molecule has 1 aromatic rings. The Bertz CT molecular complexity index is 393. The van der Waals surface area contributed by atoms with Gasteiger partial charge in [-0.25, -0.2) is 4.79 Å². The Kier molecular flexibility index (Phi) is 2.23. The number of ether oxygens (including phenoxy) is 1. The van der Waals surface area contributed by atoms with Crippen LogP contribution in [0, 0.1) is 0 Å². The molecular weight excluding hydrogens is 180 g/mol. The summed E-state index contributed by atoms with van der Waals surface area (Å²) < 4.78 is 4.80. The van der Waals surface area contributed by atoms with Gasteiger partial charge in [-0.05, 0) is 23.8 Å². The van der Waals surface area contributed by atoms with Crippen molar-refractivity contribution >= 4 is 12.0 Å². The summed E-state index contributed by atoms with van der Waals surface area (Å²) in [5.74, 6) is -0.0564. The van der Waals surface area contributed by atoms with Crippen LogP contribution < -0.4 is 0 Å². The van der Waals surface area contributed by atoms with Crippen LogP contribution in [-0.2, 0) is 9.53 Å². The summed E-state index contributed by atoms with van der Waals surface area (Å²) in [5, 5.41) is 9.21. The van der Waals surface area contributed by atoms with Gasteiger partial charge in [0.1, 0.15) is 5.75 Å². The Morgan fingerprint density at radius 2 is 2.29 bits per heavy atom. The fraction of sp³-hybridized carbons (Fsp3) is 0.182. The molecule has 3 nitrogen and oxygen atoms in total. The van der Waals surface area contributed by atoms with Crippen LogP contribution in [-0.4, -0.2) is 17.7 Å². The van der Waals surface area contributed by atoms with Gasteiger partial charge in [0.25, 0.3) is 0 Å². The average molecular weight is 190 g/mol. The van der Waals surface area contributed by atoms with Crippen molar-refractivity contribution in [2.45, 2.75) is 6.42 Å². The molecular formula is C11H10O3. The lowest BCUT2D eigenvalue weighted by molar-refractivity contribution is -0.134. The van der Waals surface area contributed by atoms with Crippen molar-refractivity contribution < 1.29 is 14.6 Å². The molecule has 0 radical (unpaired) electrons. The number of phenols is 1. The number of carbonyl (C=O) groups is 1. The van der Waals surface area contributed by atoms with E-state index in [2.05, 4.69) is 0 Å². The Labute approximate surface area is 81.6 Å². The first-order valence-electron chi connectivity index (χ1n) is 4.42. The highest BCUT2D eigenvalue weighted by atomic mass is 16.5. The van der Waals surface area contributed by atoms with E-state index < -0.39 is 0 Å². The third kappa shape index (κ3) is 1.76. The van der Waals surface area contributed by atoms with Gasteiger partial charge < -0.3 is 9.84 Å². The maximum Gasteiger partial charge on any atom is 0.334 e. The molecule has 0 amide bonds. The number of phenolic OH excluding ortho intramolecular Hbond substituents is 1. The van der Waals surface area contributed by atoms with Gasteiger partial charge in [0.15, 0.2) is 0 Å². The number of aromatic hydroxyl groups is 1. The van der Waals surface area contributed by atoms with E-state index in [0.29, 0.717) is 18.6 Å². The molecule has 2 rings (SSSR count). The van der Waals surface area contributed by atoms with Gasteiger partial charge in [0.2, 0.25) is 0 Å². The molecule has 1 heterocycles. The summed E-state index contributed by atoms with van der Waals surface area (Å²) in [6.45, 7) is 0.462. The third-order valence-corrected chi connectivity index (χ3v) is 2.08. The van der Waals surface area contributed by atoms with Crippen LogP contribution in [0.4, 0.5) is 0 Å². The van der Waals surface area contributed by atoms with Gasteiger partial charge in [-0.3, -0.25) is 0 Å². The minimum atomic E-state index is -0.256. The lowest BCUT2D eigenvalue weighted by Crippen LogP contribution is -1.94. The molecule has 1 saturated heterocycles. The standard InChI is InChI=1S/C11H10O3/c12-10-3-1-2-8(7-10)6-9-4-5-14-11(9)13/h1-3,6-7,12H,4-5H2/b9-6-. The summed E-state index contributed by atoms with van der Waals surface area (Å²) >= 11 is 0. The van der Waals surface area contributed by atoms with E-state index in [9.17, 15) is 9.90 Å². The van der Waals surface area contributed by atoms with Crippen LogP contribution in [0.5, 0.6) is 5.75 Å². The van der Waals surface area contributed by atoms with Gasteiger partial charge in [-0.2, -0.15) is 0 Å². The zero-order chi connectivity index (χ0) is 9.97. The minimum absolute atomic E-state index is 0.200. The molecule has 1 N–H and O–H groups in total. The summed E-state index contributed by atoms with van der Waals surface area (Å²) in [7, 11) is 0. The fourth-order valence-electron chi connectivity index (χ4n) is 1.40. The highest BCUT2D eigenvalue weighted by molar-refractivity contribution is 5.95. The van der Waals surface area contributed by atoms with Gasteiger partial charge in [-0.1, -0.05) is 12.1 Å². The number of hydrogen-bond donors (Lipinski definition) is 1. The first kappa shape index (κ1) is 8.81. The smallest absolute Gasteiger partial charge is 0.334 e. The van der Waals surface area contributed by atoms with Crippen LogP contribution in [0.2, 0.25) is 0 Å². The summed E-state index contributed by atoms with van der Waals surface area (Å²) in [6.07, 6.45) is 2.39. The van der Waals surface area contributed by atoms with E-state index in [0.717, 1.165) is 5.56 Å². The Morgan fingerprint density at radius 3 is 2.93 bits per heavy atom. The van der Waals surface area contributed by atoms with Crippen molar-refractivity contribution in [3.8, 4) is 5.75 Å². The number of rotatable bonds is 1. The number of cyclic esters (lactones) is 1. The van der Waals surface area contributed by atoms with E-state index in [-0.39, 0.29) is 11.7 Å². The van der Waals surface area contributed by atoms with Gasteiger partial charge >= 0.3 is 5.97 Å². The van der Waals surface area contributed by atoms with E-state index in [1.165, 1.54) is 0 Å². The van der Waals surface area contributed by atoms with Crippen LogP contribution in [0.15, 0.2) is 29.8 Å². The fourth-order valence-corrected chi connectivity index (χ4v) is 1.40. The van der Waals surface area contributed by atoms with Crippen molar-refractivity contribution in [3.63, 3.8) is 0 Å². The molecule has 72 valence electrons. The molecule has 0 spiro atoms. The molecule has 14 heavy (non-hydrogen) atoms. The SMILES string of the molecule is O=C1OCC/C1=C/c1cccc(O)c1. The molecule has 1 fully saturated rings. The first-order chi connectivity index (χ1) is 6.75. The van der Waals surface area contributed by atoms with Crippen molar-refractivity contribution in [2.24, 2.45) is 0 Å². The molecule has 1 aliphatic rings. The monoisotopic (exact) mass is 190 g/mol. The van der Waals surface area contributed by atoms with Gasteiger partial charge in [0, 0.05) is 12.0 Å². The third-order valence-electron chi connectivity index (χ3n) is 2.08. The number of hydrogen-bond acceptors (Lipinski definition) is 3. The minimum Gasteiger partial charge on any atom is -0.508 e. The van der Waals surface area contributed by atoms with Crippen molar-refractivity contribution in [3.05, 3.63) is 35.4 Å². The van der Waals surface area contributed by atoms with Crippen LogP contribution in [0.3, 0.4) is 0 Å². The molecule has 0 aromatic heterocycles. The predicted octanol–water partition coefficient (Wildman–Crippen LogP) is 1.72. The topological polar surface area (TPSA) is 46.5 Å². The zero-order valence-corrected chi connectivity index (χ0v) is 7.56.